The Hall–Kier alpha value is -3.35. The van der Waals surface area contributed by atoms with Gasteiger partial charge in [-0.15, -0.1) is 0 Å². The van der Waals surface area contributed by atoms with Gasteiger partial charge in [0.2, 0.25) is 0 Å². The second kappa shape index (κ2) is 9.49. The van der Waals surface area contributed by atoms with Crippen LogP contribution in [0.1, 0.15) is 50.2 Å². The summed E-state index contributed by atoms with van der Waals surface area (Å²) in [6.45, 7) is 5.34. The van der Waals surface area contributed by atoms with E-state index in [9.17, 15) is 9.59 Å². The highest BCUT2D eigenvalue weighted by Crippen LogP contribution is 2.32. The van der Waals surface area contributed by atoms with E-state index in [0.29, 0.717) is 28.4 Å². The average molecular weight is 471 g/mol. The van der Waals surface area contributed by atoms with Crippen molar-refractivity contribution in [3.63, 3.8) is 0 Å². The summed E-state index contributed by atoms with van der Waals surface area (Å²) >= 11 is 1.52. The van der Waals surface area contributed by atoms with Crippen molar-refractivity contribution in [2.24, 2.45) is 0 Å². The summed E-state index contributed by atoms with van der Waals surface area (Å²) in [5.41, 5.74) is 4.99. The van der Waals surface area contributed by atoms with E-state index in [1.54, 1.807) is 41.3 Å². The van der Waals surface area contributed by atoms with Crippen LogP contribution in [0.5, 0.6) is 0 Å². The Morgan fingerprint density at radius 2 is 1.65 bits per heavy atom. The van der Waals surface area contributed by atoms with Crippen molar-refractivity contribution in [1.82, 2.24) is 4.98 Å². The molecule has 1 aliphatic rings. The minimum atomic E-state index is -0.137. The SMILES string of the molecule is Cc1cc2nc(N(CC3CCCO3)C(=O)c3ccc(C(=O)c4ccccc4)cc3)sc2cc1C. The fourth-order valence-corrected chi connectivity index (χ4v) is 5.25. The van der Waals surface area contributed by atoms with Crippen LogP contribution in [0.4, 0.5) is 5.13 Å². The second-order valence-corrected chi connectivity index (χ2v) is 9.73. The van der Waals surface area contributed by atoms with E-state index in [-0.39, 0.29) is 17.8 Å². The zero-order valence-electron chi connectivity index (χ0n) is 19.3. The van der Waals surface area contributed by atoms with E-state index in [4.69, 9.17) is 9.72 Å². The number of hydrogen-bond donors (Lipinski definition) is 0. The monoisotopic (exact) mass is 470 g/mol. The first kappa shape index (κ1) is 22.4. The lowest BCUT2D eigenvalue weighted by molar-refractivity contribution is 0.0917. The highest BCUT2D eigenvalue weighted by molar-refractivity contribution is 7.22. The zero-order valence-corrected chi connectivity index (χ0v) is 20.1. The Kier molecular flexibility index (Phi) is 6.26. The molecule has 4 aromatic rings. The van der Waals surface area contributed by atoms with Crippen molar-refractivity contribution >= 4 is 38.4 Å². The molecule has 1 fully saturated rings. The molecule has 5 rings (SSSR count). The molecule has 0 N–H and O–H groups in total. The number of nitrogens with zero attached hydrogens (tertiary/aromatic N) is 2. The molecule has 0 aliphatic carbocycles. The summed E-state index contributed by atoms with van der Waals surface area (Å²) in [5, 5.41) is 0.671. The molecule has 1 unspecified atom stereocenters. The number of hydrogen-bond acceptors (Lipinski definition) is 5. The summed E-state index contributed by atoms with van der Waals surface area (Å²) in [6.07, 6.45) is 1.93. The third-order valence-corrected chi connectivity index (χ3v) is 7.35. The first-order chi connectivity index (χ1) is 16.5. The first-order valence-electron chi connectivity index (χ1n) is 11.5. The van der Waals surface area contributed by atoms with E-state index in [1.165, 1.54) is 22.5 Å². The number of aryl methyl sites for hydroxylation is 2. The van der Waals surface area contributed by atoms with E-state index in [0.717, 1.165) is 29.7 Å². The quantitative estimate of drug-likeness (QED) is 0.326. The number of amides is 1. The molecular weight excluding hydrogens is 444 g/mol. The summed E-state index contributed by atoms with van der Waals surface area (Å²) in [5.74, 6) is -0.200. The summed E-state index contributed by atoms with van der Waals surface area (Å²) in [4.78, 5) is 32.9. The molecule has 1 aromatic heterocycles. The van der Waals surface area contributed by atoms with Gasteiger partial charge in [-0.05, 0) is 62.1 Å². The Balaban J connectivity index is 1.45. The largest absolute Gasteiger partial charge is 0.376 e. The van der Waals surface area contributed by atoms with Crippen molar-refractivity contribution in [3.05, 3.63) is 94.5 Å². The number of thiazole rings is 1. The number of aromatic nitrogens is 1. The Morgan fingerprint density at radius 3 is 2.35 bits per heavy atom. The summed E-state index contributed by atoms with van der Waals surface area (Å²) < 4.78 is 6.90. The molecule has 0 saturated carbocycles. The van der Waals surface area contributed by atoms with Gasteiger partial charge in [-0.2, -0.15) is 0 Å². The third kappa shape index (κ3) is 4.52. The molecule has 1 aliphatic heterocycles. The van der Waals surface area contributed by atoms with E-state index >= 15 is 0 Å². The van der Waals surface area contributed by atoms with Crippen LogP contribution >= 0.6 is 11.3 Å². The van der Waals surface area contributed by atoms with E-state index in [2.05, 4.69) is 26.0 Å². The topological polar surface area (TPSA) is 59.5 Å². The van der Waals surface area contributed by atoms with Gasteiger partial charge >= 0.3 is 0 Å². The van der Waals surface area contributed by atoms with Crippen LogP contribution in [0.15, 0.2) is 66.7 Å². The standard InChI is InChI=1S/C28H26N2O3S/c1-18-15-24-25(16-19(18)2)34-28(29-24)30(17-23-9-6-14-33-23)27(32)22-12-10-21(11-13-22)26(31)20-7-4-3-5-8-20/h3-5,7-8,10-13,15-16,23H,6,9,14,17H2,1-2H3. The Bertz CT molecular complexity index is 1300. The van der Waals surface area contributed by atoms with Crippen LogP contribution in [-0.2, 0) is 4.74 Å². The van der Waals surface area contributed by atoms with Crippen LogP contribution in [0.3, 0.4) is 0 Å². The van der Waals surface area contributed by atoms with Gasteiger partial charge in [0.05, 0.1) is 22.9 Å². The minimum absolute atomic E-state index is 0.00151. The van der Waals surface area contributed by atoms with Crippen LogP contribution in [-0.4, -0.2) is 35.9 Å². The molecule has 6 heteroatoms. The smallest absolute Gasteiger partial charge is 0.260 e. The lowest BCUT2D eigenvalue weighted by Crippen LogP contribution is -2.37. The number of carbonyl (C=O) groups is 2. The predicted molar refractivity (Wildman–Crippen MR) is 136 cm³/mol. The van der Waals surface area contributed by atoms with Gasteiger partial charge in [-0.25, -0.2) is 4.98 Å². The molecule has 1 atom stereocenters. The van der Waals surface area contributed by atoms with E-state index < -0.39 is 0 Å². The van der Waals surface area contributed by atoms with Crippen molar-refractivity contribution < 1.29 is 14.3 Å². The van der Waals surface area contributed by atoms with Gasteiger partial charge in [-0.1, -0.05) is 53.8 Å². The number of anilines is 1. The molecule has 3 aromatic carbocycles. The van der Waals surface area contributed by atoms with Gasteiger partial charge in [0.15, 0.2) is 10.9 Å². The maximum atomic E-state index is 13.6. The molecule has 2 heterocycles. The van der Waals surface area contributed by atoms with Gasteiger partial charge in [0.25, 0.3) is 5.91 Å². The van der Waals surface area contributed by atoms with Gasteiger partial charge in [0, 0.05) is 23.3 Å². The molecule has 0 spiro atoms. The molecular formula is C28H26N2O3S. The van der Waals surface area contributed by atoms with Crippen LogP contribution in [0.2, 0.25) is 0 Å². The van der Waals surface area contributed by atoms with Crippen LogP contribution < -0.4 is 4.90 Å². The van der Waals surface area contributed by atoms with E-state index in [1.807, 2.05) is 18.2 Å². The second-order valence-electron chi connectivity index (χ2n) is 8.72. The maximum absolute atomic E-state index is 13.6. The van der Waals surface area contributed by atoms with Gasteiger partial charge < -0.3 is 4.74 Å². The van der Waals surface area contributed by atoms with Gasteiger partial charge in [0.1, 0.15) is 0 Å². The Labute approximate surface area is 203 Å². The fraction of sp³-hybridized carbons (Fsp3) is 0.250. The van der Waals surface area contributed by atoms with Crippen LogP contribution in [0, 0.1) is 13.8 Å². The number of rotatable bonds is 6. The number of ether oxygens (including phenoxy) is 1. The van der Waals surface area contributed by atoms with Crippen molar-refractivity contribution in [1.29, 1.82) is 0 Å². The summed E-state index contributed by atoms with van der Waals surface area (Å²) in [6, 6.07) is 20.2. The summed E-state index contributed by atoms with van der Waals surface area (Å²) in [7, 11) is 0. The molecule has 5 nitrogen and oxygen atoms in total. The zero-order chi connectivity index (χ0) is 23.7. The molecule has 1 saturated heterocycles. The number of fused-ring (bicyclic) bond motifs is 1. The number of ketones is 1. The lowest BCUT2D eigenvalue weighted by Gasteiger charge is -2.23. The molecule has 172 valence electrons. The first-order valence-corrected chi connectivity index (χ1v) is 12.3. The third-order valence-electron chi connectivity index (χ3n) is 6.31. The number of benzene rings is 3. The normalized spacial score (nSPS) is 15.5. The Morgan fingerprint density at radius 1 is 0.971 bits per heavy atom. The maximum Gasteiger partial charge on any atom is 0.260 e. The van der Waals surface area contributed by atoms with Gasteiger partial charge in [-0.3, -0.25) is 14.5 Å². The average Bonchev–Trinajstić information content (AvgIpc) is 3.52. The molecule has 1 amide bonds. The highest BCUT2D eigenvalue weighted by atomic mass is 32.1. The van der Waals surface area contributed by atoms with Crippen LogP contribution in [0.25, 0.3) is 10.2 Å². The van der Waals surface area contributed by atoms with Crippen molar-refractivity contribution in [2.45, 2.75) is 32.8 Å². The van der Waals surface area contributed by atoms with Crippen molar-refractivity contribution in [2.75, 3.05) is 18.1 Å². The lowest BCUT2D eigenvalue weighted by atomic mass is 10.0. The molecule has 34 heavy (non-hydrogen) atoms. The highest BCUT2D eigenvalue weighted by Gasteiger charge is 2.27. The minimum Gasteiger partial charge on any atom is -0.376 e. The fourth-order valence-electron chi connectivity index (χ4n) is 4.20. The molecule has 0 bridgehead atoms. The predicted octanol–water partition coefficient (Wildman–Crippen LogP) is 5.97. The molecule has 0 radical (unpaired) electrons. The van der Waals surface area contributed by atoms with Crippen molar-refractivity contribution in [3.8, 4) is 0 Å². The number of carbonyl (C=O) groups excluding carboxylic acids is 2.